The summed E-state index contributed by atoms with van der Waals surface area (Å²) in [5.41, 5.74) is 1.40. The van der Waals surface area contributed by atoms with Crippen molar-refractivity contribution >= 4 is 15.9 Å². The van der Waals surface area contributed by atoms with Crippen LogP contribution in [0.1, 0.15) is 18.9 Å². The van der Waals surface area contributed by atoms with E-state index in [-0.39, 0.29) is 0 Å². The Labute approximate surface area is 113 Å². The SMILES string of the molecule is CC1CN(C)CCCN1Cc1cccc(Br)c1. The number of halogens is 1. The summed E-state index contributed by atoms with van der Waals surface area (Å²) in [6.07, 6.45) is 1.27. The lowest BCUT2D eigenvalue weighted by molar-refractivity contribution is 0.194. The minimum Gasteiger partial charge on any atom is -0.305 e. The van der Waals surface area contributed by atoms with Gasteiger partial charge in [0.1, 0.15) is 0 Å². The van der Waals surface area contributed by atoms with E-state index >= 15 is 0 Å². The third kappa shape index (κ3) is 3.80. The van der Waals surface area contributed by atoms with Gasteiger partial charge in [-0.05, 0) is 44.6 Å². The number of hydrogen-bond acceptors (Lipinski definition) is 2. The van der Waals surface area contributed by atoms with E-state index in [9.17, 15) is 0 Å². The molecule has 1 aromatic rings. The van der Waals surface area contributed by atoms with Gasteiger partial charge in [0.2, 0.25) is 0 Å². The molecule has 1 aliphatic heterocycles. The zero-order chi connectivity index (χ0) is 12.3. The molecule has 0 amide bonds. The maximum Gasteiger partial charge on any atom is 0.0237 e. The van der Waals surface area contributed by atoms with Crippen LogP contribution in [0, 0.1) is 0 Å². The smallest absolute Gasteiger partial charge is 0.0237 e. The highest BCUT2D eigenvalue weighted by Gasteiger charge is 2.19. The highest BCUT2D eigenvalue weighted by molar-refractivity contribution is 9.10. The lowest BCUT2D eigenvalue weighted by Crippen LogP contribution is -2.37. The molecule has 0 aromatic heterocycles. The predicted molar refractivity (Wildman–Crippen MR) is 76.1 cm³/mol. The van der Waals surface area contributed by atoms with Crippen LogP contribution in [0.25, 0.3) is 0 Å². The first-order valence-electron chi connectivity index (χ1n) is 6.32. The van der Waals surface area contributed by atoms with E-state index in [4.69, 9.17) is 0 Å². The summed E-state index contributed by atoms with van der Waals surface area (Å²) in [6, 6.07) is 9.28. The molecule has 2 rings (SSSR count). The van der Waals surface area contributed by atoms with Crippen molar-refractivity contribution in [3.05, 3.63) is 34.3 Å². The van der Waals surface area contributed by atoms with Gasteiger partial charge >= 0.3 is 0 Å². The molecule has 0 N–H and O–H groups in total. The zero-order valence-electron chi connectivity index (χ0n) is 10.7. The maximum absolute atomic E-state index is 3.54. The fraction of sp³-hybridized carbons (Fsp3) is 0.571. The Kier molecular flexibility index (Phi) is 4.60. The molecular weight excluding hydrogens is 276 g/mol. The summed E-state index contributed by atoms with van der Waals surface area (Å²) in [6.45, 7) is 7.00. The molecule has 1 aliphatic rings. The van der Waals surface area contributed by atoms with Crippen LogP contribution in [-0.4, -0.2) is 42.5 Å². The van der Waals surface area contributed by atoms with E-state index < -0.39 is 0 Å². The second kappa shape index (κ2) is 5.98. The monoisotopic (exact) mass is 296 g/mol. The molecule has 1 heterocycles. The Morgan fingerprint density at radius 3 is 2.94 bits per heavy atom. The van der Waals surface area contributed by atoms with E-state index in [2.05, 4.69) is 64.0 Å². The normalized spacial score (nSPS) is 23.6. The second-order valence-electron chi connectivity index (χ2n) is 5.07. The van der Waals surface area contributed by atoms with Gasteiger partial charge in [-0.25, -0.2) is 0 Å². The lowest BCUT2D eigenvalue weighted by Gasteiger charge is -2.27. The predicted octanol–water partition coefficient (Wildman–Crippen LogP) is 2.98. The zero-order valence-corrected chi connectivity index (χ0v) is 12.3. The molecule has 1 aromatic carbocycles. The van der Waals surface area contributed by atoms with Crippen LogP contribution < -0.4 is 0 Å². The van der Waals surface area contributed by atoms with Crippen molar-refractivity contribution in [2.45, 2.75) is 25.9 Å². The minimum atomic E-state index is 0.640. The van der Waals surface area contributed by atoms with Gasteiger partial charge in [0.15, 0.2) is 0 Å². The van der Waals surface area contributed by atoms with Crippen LogP contribution in [0.3, 0.4) is 0 Å². The van der Waals surface area contributed by atoms with Crippen LogP contribution in [0.15, 0.2) is 28.7 Å². The van der Waals surface area contributed by atoms with Gasteiger partial charge in [-0.15, -0.1) is 0 Å². The number of benzene rings is 1. The van der Waals surface area contributed by atoms with Gasteiger partial charge in [0.25, 0.3) is 0 Å². The summed E-state index contributed by atoms with van der Waals surface area (Å²) in [5.74, 6) is 0. The third-order valence-electron chi connectivity index (χ3n) is 3.46. The van der Waals surface area contributed by atoms with Crippen LogP contribution in [0.4, 0.5) is 0 Å². The van der Waals surface area contributed by atoms with Crippen molar-refractivity contribution in [1.29, 1.82) is 0 Å². The molecule has 17 heavy (non-hydrogen) atoms. The van der Waals surface area contributed by atoms with E-state index in [0.717, 1.165) is 6.54 Å². The van der Waals surface area contributed by atoms with Crippen LogP contribution >= 0.6 is 15.9 Å². The van der Waals surface area contributed by atoms with E-state index in [0.29, 0.717) is 6.04 Å². The number of nitrogens with zero attached hydrogens (tertiary/aromatic N) is 2. The highest BCUT2D eigenvalue weighted by Crippen LogP contribution is 2.16. The first-order chi connectivity index (χ1) is 8.15. The van der Waals surface area contributed by atoms with Crippen molar-refractivity contribution < 1.29 is 0 Å². The molecule has 0 bridgehead atoms. The molecule has 1 fully saturated rings. The molecule has 1 atom stereocenters. The average molecular weight is 297 g/mol. The van der Waals surface area contributed by atoms with Crippen LogP contribution in [0.5, 0.6) is 0 Å². The van der Waals surface area contributed by atoms with Crippen molar-refractivity contribution in [1.82, 2.24) is 9.80 Å². The van der Waals surface area contributed by atoms with Gasteiger partial charge in [0.05, 0.1) is 0 Å². The summed E-state index contributed by atoms with van der Waals surface area (Å²) in [7, 11) is 2.22. The largest absolute Gasteiger partial charge is 0.305 e. The molecular formula is C14H21BrN2. The number of likely N-dealkylation sites (N-methyl/N-ethyl adjacent to an activating group) is 1. The van der Waals surface area contributed by atoms with Gasteiger partial charge in [-0.3, -0.25) is 4.90 Å². The molecule has 1 saturated heterocycles. The van der Waals surface area contributed by atoms with Crippen molar-refractivity contribution in [3.63, 3.8) is 0 Å². The molecule has 0 aliphatic carbocycles. The molecule has 1 unspecified atom stereocenters. The molecule has 0 saturated carbocycles. The topological polar surface area (TPSA) is 6.48 Å². The van der Waals surface area contributed by atoms with Gasteiger partial charge in [0, 0.05) is 30.1 Å². The highest BCUT2D eigenvalue weighted by atomic mass is 79.9. The Hall–Kier alpha value is -0.380. The van der Waals surface area contributed by atoms with Crippen LogP contribution in [0.2, 0.25) is 0 Å². The summed E-state index contributed by atoms with van der Waals surface area (Å²) < 4.78 is 1.18. The second-order valence-corrected chi connectivity index (χ2v) is 5.98. The van der Waals surface area contributed by atoms with E-state index in [1.807, 2.05) is 0 Å². The Morgan fingerprint density at radius 1 is 1.35 bits per heavy atom. The van der Waals surface area contributed by atoms with Crippen molar-refractivity contribution in [2.24, 2.45) is 0 Å². The Morgan fingerprint density at radius 2 is 2.18 bits per heavy atom. The molecule has 3 heteroatoms. The van der Waals surface area contributed by atoms with Crippen molar-refractivity contribution in [3.8, 4) is 0 Å². The van der Waals surface area contributed by atoms with Crippen LogP contribution in [-0.2, 0) is 6.54 Å². The fourth-order valence-electron chi connectivity index (χ4n) is 2.53. The first-order valence-corrected chi connectivity index (χ1v) is 7.11. The lowest BCUT2D eigenvalue weighted by atomic mass is 10.2. The summed E-state index contributed by atoms with van der Waals surface area (Å²) >= 11 is 3.54. The molecule has 2 nitrogen and oxygen atoms in total. The quantitative estimate of drug-likeness (QED) is 0.828. The third-order valence-corrected chi connectivity index (χ3v) is 3.95. The Bertz CT molecular complexity index is 367. The van der Waals surface area contributed by atoms with E-state index in [1.165, 1.54) is 36.1 Å². The number of rotatable bonds is 2. The molecule has 94 valence electrons. The fourth-order valence-corrected chi connectivity index (χ4v) is 2.97. The maximum atomic E-state index is 3.54. The standard InChI is InChI=1S/C14H21BrN2/c1-12-10-16(2)7-4-8-17(12)11-13-5-3-6-14(15)9-13/h3,5-6,9,12H,4,7-8,10-11H2,1-2H3. The minimum absolute atomic E-state index is 0.640. The van der Waals surface area contributed by atoms with Gasteiger partial charge in [-0.2, -0.15) is 0 Å². The van der Waals surface area contributed by atoms with E-state index in [1.54, 1.807) is 0 Å². The summed E-state index contributed by atoms with van der Waals surface area (Å²) in [4.78, 5) is 5.02. The molecule has 0 spiro atoms. The van der Waals surface area contributed by atoms with Gasteiger partial charge in [-0.1, -0.05) is 28.1 Å². The first kappa shape index (κ1) is 13.1. The number of hydrogen-bond donors (Lipinski definition) is 0. The van der Waals surface area contributed by atoms with Crippen molar-refractivity contribution in [2.75, 3.05) is 26.7 Å². The van der Waals surface area contributed by atoms with Gasteiger partial charge < -0.3 is 4.90 Å². The summed E-state index contributed by atoms with van der Waals surface area (Å²) in [5, 5.41) is 0. The molecule has 0 radical (unpaired) electrons. The average Bonchev–Trinajstić information content (AvgIpc) is 2.41. The Balaban J connectivity index is 2.02.